The van der Waals surface area contributed by atoms with E-state index in [1.54, 1.807) is 0 Å². The fourth-order valence-electron chi connectivity index (χ4n) is 3.58. The number of carbonyl (C=O) groups excluding carboxylic acids is 1. The van der Waals surface area contributed by atoms with E-state index in [1.807, 2.05) is 18.2 Å². The molecule has 1 aromatic carbocycles. The van der Waals surface area contributed by atoms with Crippen LogP contribution in [-0.4, -0.2) is 18.4 Å². The smallest absolute Gasteiger partial charge is 0.167 e. The van der Waals surface area contributed by atoms with E-state index in [-0.39, 0.29) is 5.92 Å². The lowest BCUT2D eigenvalue weighted by Crippen LogP contribution is -2.43. The van der Waals surface area contributed by atoms with Crippen LogP contribution in [0.1, 0.15) is 54.4 Å². The average molecular weight is 257 g/mol. The maximum Gasteiger partial charge on any atom is 0.167 e. The average Bonchev–Trinajstić information content (AvgIpc) is 2.40. The van der Waals surface area contributed by atoms with Crippen molar-refractivity contribution in [3.05, 3.63) is 35.4 Å². The Balaban J connectivity index is 1.77. The lowest BCUT2D eigenvalue weighted by molar-refractivity contribution is 0.0860. The Bertz CT molecular complexity index is 446. The normalized spacial score (nSPS) is 28.3. The number of Topliss-reactive ketones (excluding diaryl/α,β-unsaturated/α-hetero) is 1. The molecule has 1 fully saturated rings. The number of carbonyl (C=O) groups is 1. The predicted molar refractivity (Wildman–Crippen MR) is 77.5 cm³/mol. The molecule has 1 heterocycles. The molecule has 0 saturated carbocycles. The highest BCUT2D eigenvalue weighted by Crippen LogP contribution is 2.29. The molecule has 3 rings (SSSR count). The van der Waals surface area contributed by atoms with Gasteiger partial charge >= 0.3 is 0 Å². The van der Waals surface area contributed by atoms with Gasteiger partial charge in [-0.05, 0) is 37.8 Å². The molecule has 1 aliphatic carbocycles. The van der Waals surface area contributed by atoms with Crippen LogP contribution in [0.25, 0.3) is 0 Å². The van der Waals surface area contributed by atoms with Crippen LogP contribution >= 0.6 is 0 Å². The Morgan fingerprint density at radius 2 is 1.84 bits per heavy atom. The summed E-state index contributed by atoms with van der Waals surface area (Å²) in [6.45, 7) is 1.08. The summed E-state index contributed by atoms with van der Waals surface area (Å²) in [5.41, 5.74) is 2.22. The van der Waals surface area contributed by atoms with Gasteiger partial charge in [0, 0.05) is 17.5 Å². The summed E-state index contributed by atoms with van der Waals surface area (Å²) in [7, 11) is 0. The highest BCUT2D eigenvalue weighted by Gasteiger charge is 2.32. The van der Waals surface area contributed by atoms with Gasteiger partial charge in [-0.2, -0.15) is 0 Å². The van der Waals surface area contributed by atoms with Crippen LogP contribution in [0.3, 0.4) is 0 Å². The number of aryl methyl sites for hydroxylation is 1. The maximum atomic E-state index is 12.7. The van der Waals surface area contributed by atoms with Crippen LogP contribution in [0.5, 0.6) is 0 Å². The molecule has 2 aliphatic rings. The molecule has 0 amide bonds. The van der Waals surface area contributed by atoms with E-state index >= 15 is 0 Å². The SMILES string of the molecule is O=C1c2ccccc2CCC1C1CCCCCCN1. The molecule has 2 atom stereocenters. The van der Waals surface area contributed by atoms with E-state index in [9.17, 15) is 4.79 Å². The fourth-order valence-corrected chi connectivity index (χ4v) is 3.58. The first-order valence-electron chi connectivity index (χ1n) is 7.72. The molecule has 2 heteroatoms. The van der Waals surface area contributed by atoms with Gasteiger partial charge in [0.15, 0.2) is 5.78 Å². The number of benzene rings is 1. The van der Waals surface area contributed by atoms with Crippen LogP contribution in [0.4, 0.5) is 0 Å². The first kappa shape index (κ1) is 12.9. The molecular formula is C17H23NO. The van der Waals surface area contributed by atoms with Crippen molar-refractivity contribution in [3.63, 3.8) is 0 Å². The third kappa shape index (κ3) is 2.74. The Labute approximate surface area is 115 Å². The number of nitrogens with one attached hydrogen (secondary N) is 1. The quantitative estimate of drug-likeness (QED) is 0.836. The molecular weight excluding hydrogens is 234 g/mol. The molecule has 1 aromatic rings. The van der Waals surface area contributed by atoms with Crippen molar-refractivity contribution in [3.8, 4) is 0 Å². The van der Waals surface area contributed by atoms with E-state index in [1.165, 1.54) is 37.7 Å². The van der Waals surface area contributed by atoms with Crippen LogP contribution in [-0.2, 0) is 6.42 Å². The highest BCUT2D eigenvalue weighted by atomic mass is 16.1. The summed E-state index contributed by atoms with van der Waals surface area (Å²) in [5, 5.41) is 3.63. The highest BCUT2D eigenvalue weighted by molar-refractivity contribution is 6.00. The number of fused-ring (bicyclic) bond motifs is 1. The summed E-state index contributed by atoms with van der Waals surface area (Å²) in [6, 6.07) is 8.55. The minimum absolute atomic E-state index is 0.202. The second-order valence-corrected chi connectivity index (χ2v) is 5.93. The van der Waals surface area contributed by atoms with E-state index in [0.717, 1.165) is 24.9 Å². The summed E-state index contributed by atoms with van der Waals surface area (Å²) < 4.78 is 0. The van der Waals surface area contributed by atoms with E-state index in [2.05, 4.69) is 11.4 Å². The van der Waals surface area contributed by atoms with Crippen molar-refractivity contribution >= 4 is 5.78 Å². The number of rotatable bonds is 1. The third-order valence-electron chi connectivity index (χ3n) is 4.68. The minimum atomic E-state index is 0.202. The van der Waals surface area contributed by atoms with E-state index in [0.29, 0.717) is 11.8 Å². The van der Waals surface area contributed by atoms with Crippen molar-refractivity contribution < 1.29 is 4.79 Å². The monoisotopic (exact) mass is 257 g/mol. The molecule has 1 aliphatic heterocycles. The van der Waals surface area contributed by atoms with Gasteiger partial charge in [-0.1, -0.05) is 43.5 Å². The maximum absolute atomic E-state index is 12.7. The van der Waals surface area contributed by atoms with Gasteiger partial charge in [-0.3, -0.25) is 4.79 Å². The summed E-state index contributed by atoms with van der Waals surface area (Å²) in [4.78, 5) is 12.7. The van der Waals surface area contributed by atoms with Crippen molar-refractivity contribution in [1.29, 1.82) is 0 Å². The van der Waals surface area contributed by atoms with Crippen molar-refractivity contribution in [2.45, 2.75) is 51.0 Å². The van der Waals surface area contributed by atoms with E-state index < -0.39 is 0 Å². The van der Waals surface area contributed by atoms with Crippen LogP contribution in [0.2, 0.25) is 0 Å². The Hall–Kier alpha value is -1.15. The lowest BCUT2D eigenvalue weighted by Gasteiger charge is -2.32. The van der Waals surface area contributed by atoms with Gasteiger partial charge in [0.1, 0.15) is 0 Å². The molecule has 1 N–H and O–H groups in total. The molecule has 0 aromatic heterocycles. The lowest BCUT2D eigenvalue weighted by atomic mass is 9.77. The fraction of sp³-hybridized carbons (Fsp3) is 0.588. The summed E-state index contributed by atoms with van der Waals surface area (Å²) in [5.74, 6) is 0.577. The second kappa shape index (κ2) is 5.87. The molecule has 0 bridgehead atoms. The molecule has 0 spiro atoms. The van der Waals surface area contributed by atoms with Gasteiger partial charge in [0.2, 0.25) is 0 Å². The topological polar surface area (TPSA) is 29.1 Å². The van der Waals surface area contributed by atoms with Crippen molar-refractivity contribution in [2.75, 3.05) is 6.54 Å². The van der Waals surface area contributed by atoms with Gasteiger partial charge < -0.3 is 5.32 Å². The van der Waals surface area contributed by atoms with E-state index in [4.69, 9.17) is 0 Å². The minimum Gasteiger partial charge on any atom is -0.313 e. The molecule has 2 nitrogen and oxygen atoms in total. The summed E-state index contributed by atoms with van der Waals surface area (Å²) >= 11 is 0. The Kier molecular flexibility index (Phi) is 3.97. The molecule has 19 heavy (non-hydrogen) atoms. The first-order valence-corrected chi connectivity index (χ1v) is 7.72. The largest absolute Gasteiger partial charge is 0.313 e. The van der Waals surface area contributed by atoms with Crippen molar-refractivity contribution in [1.82, 2.24) is 5.32 Å². The van der Waals surface area contributed by atoms with Gasteiger partial charge in [0.25, 0.3) is 0 Å². The zero-order valence-corrected chi connectivity index (χ0v) is 11.5. The Morgan fingerprint density at radius 3 is 2.79 bits per heavy atom. The Morgan fingerprint density at radius 1 is 1.00 bits per heavy atom. The number of ketones is 1. The summed E-state index contributed by atoms with van der Waals surface area (Å²) in [6.07, 6.45) is 8.44. The molecule has 0 radical (unpaired) electrons. The van der Waals surface area contributed by atoms with Crippen LogP contribution < -0.4 is 5.32 Å². The molecule has 2 unspecified atom stereocenters. The van der Waals surface area contributed by atoms with Gasteiger partial charge in [-0.15, -0.1) is 0 Å². The van der Waals surface area contributed by atoms with Crippen LogP contribution in [0, 0.1) is 5.92 Å². The molecule has 102 valence electrons. The van der Waals surface area contributed by atoms with Crippen molar-refractivity contribution in [2.24, 2.45) is 5.92 Å². The van der Waals surface area contributed by atoms with Gasteiger partial charge in [0.05, 0.1) is 0 Å². The zero-order chi connectivity index (χ0) is 13.1. The first-order chi connectivity index (χ1) is 9.36. The second-order valence-electron chi connectivity index (χ2n) is 5.93. The zero-order valence-electron chi connectivity index (χ0n) is 11.5. The number of hydrogen-bond acceptors (Lipinski definition) is 2. The van der Waals surface area contributed by atoms with Crippen LogP contribution in [0.15, 0.2) is 24.3 Å². The standard InChI is InChI=1S/C17H23NO/c19-17-14-8-5-4-7-13(14)10-11-15(17)16-9-3-1-2-6-12-18-16/h4-5,7-8,15-16,18H,1-3,6,9-12H2. The number of hydrogen-bond donors (Lipinski definition) is 1. The third-order valence-corrected chi connectivity index (χ3v) is 4.68. The molecule has 1 saturated heterocycles. The predicted octanol–water partition coefficient (Wildman–Crippen LogP) is 3.35. The van der Waals surface area contributed by atoms with Gasteiger partial charge in [-0.25, -0.2) is 0 Å².